The lowest BCUT2D eigenvalue weighted by Gasteiger charge is -1.96. The molecule has 1 aromatic heterocycles. The van der Waals surface area contributed by atoms with Gasteiger partial charge in [-0.1, -0.05) is 24.7 Å². The van der Waals surface area contributed by atoms with Gasteiger partial charge in [0.15, 0.2) is 10.2 Å². The number of aryl methyl sites for hydroxylation is 1. The first-order valence-corrected chi connectivity index (χ1v) is 4.38. The molecule has 1 heterocycles. The summed E-state index contributed by atoms with van der Waals surface area (Å²) in [6, 6.07) is 0. The van der Waals surface area contributed by atoms with Crippen LogP contribution in [0.25, 0.3) is 0 Å². The monoisotopic (exact) mass is 172 g/mol. The van der Waals surface area contributed by atoms with E-state index in [1.54, 1.807) is 7.11 Å². The van der Waals surface area contributed by atoms with Gasteiger partial charge < -0.3 is 10.5 Å². The zero-order valence-electron chi connectivity index (χ0n) is 6.76. The minimum atomic E-state index is 0.588. The van der Waals surface area contributed by atoms with Crippen LogP contribution >= 0.6 is 11.3 Å². The first-order valence-electron chi connectivity index (χ1n) is 3.57. The summed E-state index contributed by atoms with van der Waals surface area (Å²) in [5.74, 6) is 0. The molecule has 0 aliphatic carbocycles. The van der Waals surface area contributed by atoms with Gasteiger partial charge in [0.2, 0.25) is 0 Å². The van der Waals surface area contributed by atoms with Crippen LogP contribution in [0.15, 0.2) is 0 Å². The van der Waals surface area contributed by atoms with E-state index in [4.69, 9.17) is 10.5 Å². The van der Waals surface area contributed by atoms with Crippen molar-refractivity contribution < 1.29 is 4.74 Å². The molecule has 0 aliphatic heterocycles. The third-order valence-corrected chi connectivity index (χ3v) is 2.24. The highest BCUT2D eigenvalue weighted by molar-refractivity contribution is 7.17. The Hall–Kier alpha value is -0.770. The van der Waals surface area contributed by atoms with Crippen LogP contribution in [0.2, 0.25) is 0 Å². The molecule has 1 aromatic rings. The molecular formula is C7H12N2OS. The molecule has 0 fully saturated rings. The van der Waals surface area contributed by atoms with Crippen molar-refractivity contribution in [3.63, 3.8) is 0 Å². The highest BCUT2D eigenvalue weighted by Gasteiger charge is 2.07. The van der Waals surface area contributed by atoms with Crippen molar-refractivity contribution in [2.24, 2.45) is 0 Å². The first-order chi connectivity index (χ1) is 5.27. The van der Waals surface area contributed by atoms with Crippen LogP contribution in [-0.2, 0) is 6.42 Å². The van der Waals surface area contributed by atoms with Crippen LogP contribution in [0.3, 0.4) is 0 Å². The lowest BCUT2D eigenvalue weighted by atomic mass is 10.3. The van der Waals surface area contributed by atoms with E-state index in [-0.39, 0.29) is 0 Å². The van der Waals surface area contributed by atoms with Crippen molar-refractivity contribution in [3.05, 3.63) is 5.69 Å². The fourth-order valence-electron chi connectivity index (χ4n) is 0.910. The van der Waals surface area contributed by atoms with Crippen molar-refractivity contribution in [3.8, 4) is 5.06 Å². The lowest BCUT2D eigenvalue weighted by Crippen LogP contribution is -1.89. The molecule has 62 valence electrons. The third-order valence-electron chi connectivity index (χ3n) is 1.35. The number of ether oxygens (including phenoxy) is 1. The van der Waals surface area contributed by atoms with Gasteiger partial charge in [-0.3, -0.25) is 0 Å². The molecule has 0 spiro atoms. The summed E-state index contributed by atoms with van der Waals surface area (Å²) in [7, 11) is 1.64. The second kappa shape index (κ2) is 3.57. The summed E-state index contributed by atoms with van der Waals surface area (Å²) in [4.78, 5) is 4.14. The quantitative estimate of drug-likeness (QED) is 0.754. The predicted molar refractivity (Wildman–Crippen MR) is 47.1 cm³/mol. The van der Waals surface area contributed by atoms with E-state index in [1.807, 2.05) is 0 Å². The predicted octanol–water partition coefficient (Wildman–Crippen LogP) is 1.69. The SMILES string of the molecule is CCCc1nc(N)sc1OC. The molecule has 1 rings (SSSR count). The van der Waals surface area contributed by atoms with Gasteiger partial charge in [0.05, 0.1) is 12.8 Å². The largest absolute Gasteiger partial charge is 0.486 e. The standard InChI is InChI=1S/C7H12N2OS/c1-3-4-5-6(10-2)11-7(8)9-5/h3-4H2,1-2H3,(H2,8,9). The van der Waals surface area contributed by atoms with E-state index < -0.39 is 0 Å². The van der Waals surface area contributed by atoms with E-state index >= 15 is 0 Å². The van der Waals surface area contributed by atoms with Gasteiger partial charge in [-0.2, -0.15) is 0 Å². The van der Waals surface area contributed by atoms with E-state index in [0.29, 0.717) is 5.13 Å². The molecule has 4 heteroatoms. The molecule has 2 N–H and O–H groups in total. The van der Waals surface area contributed by atoms with Crippen molar-refractivity contribution >= 4 is 16.5 Å². The Balaban J connectivity index is 2.83. The summed E-state index contributed by atoms with van der Waals surface area (Å²) in [6.45, 7) is 2.11. The van der Waals surface area contributed by atoms with Gasteiger partial charge in [0, 0.05) is 0 Å². The molecule has 0 saturated heterocycles. The van der Waals surface area contributed by atoms with Crippen LogP contribution in [-0.4, -0.2) is 12.1 Å². The summed E-state index contributed by atoms with van der Waals surface area (Å²) in [6.07, 6.45) is 2.01. The molecule has 0 radical (unpaired) electrons. The Morgan fingerprint density at radius 1 is 1.64 bits per heavy atom. The van der Waals surface area contributed by atoms with Crippen LogP contribution in [0, 0.1) is 0 Å². The van der Waals surface area contributed by atoms with Gasteiger partial charge in [-0.15, -0.1) is 0 Å². The molecule has 0 amide bonds. The number of nitrogens with two attached hydrogens (primary N) is 1. The van der Waals surface area contributed by atoms with Gasteiger partial charge >= 0.3 is 0 Å². The van der Waals surface area contributed by atoms with Gasteiger partial charge in [0.25, 0.3) is 0 Å². The molecule has 0 aromatic carbocycles. The summed E-state index contributed by atoms with van der Waals surface area (Å²) in [5, 5.41) is 1.44. The minimum Gasteiger partial charge on any atom is -0.486 e. The molecule has 0 bridgehead atoms. The minimum absolute atomic E-state index is 0.588. The molecular weight excluding hydrogens is 160 g/mol. The number of hydrogen-bond donors (Lipinski definition) is 1. The number of thiazole rings is 1. The van der Waals surface area contributed by atoms with Gasteiger partial charge in [0.1, 0.15) is 0 Å². The topological polar surface area (TPSA) is 48.1 Å². The molecule has 0 aliphatic rings. The summed E-state index contributed by atoms with van der Waals surface area (Å²) in [5.41, 5.74) is 6.50. The van der Waals surface area contributed by atoms with E-state index in [2.05, 4.69) is 11.9 Å². The summed E-state index contributed by atoms with van der Waals surface area (Å²) >= 11 is 1.40. The average molecular weight is 172 g/mol. The maximum atomic E-state index is 5.51. The van der Waals surface area contributed by atoms with Gasteiger partial charge in [-0.25, -0.2) is 4.98 Å². The molecule has 3 nitrogen and oxygen atoms in total. The number of aromatic nitrogens is 1. The second-order valence-corrected chi connectivity index (χ2v) is 3.23. The van der Waals surface area contributed by atoms with Crippen LogP contribution < -0.4 is 10.5 Å². The van der Waals surface area contributed by atoms with Crippen molar-refractivity contribution in [2.75, 3.05) is 12.8 Å². The normalized spacial score (nSPS) is 10.0. The molecule has 0 unspecified atom stereocenters. The maximum Gasteiger partial charge on any atom is 0.198 e. The summed E-state index contributed by atoms with van der Waals surface area (Å²) < 4.78 is 5.09. The highest BCUT2D eigenvalue weighted by atomic mass is 32.1. The third kappa shape index (κ3) is 1.83. The Labute approximate surface area is 70.2 Å². The highest BCUT2D eigenvalue weighted by Crippen LogP contribution is 2.29. The molecule has 0 atom stereocenters. The van der Waals surface area contributed by atoms with Crippen molar-refractivity contribution in [1.29, 1.82) is 0 Å². The zero-order valence-corrected chi connectivity index (χ0v) is 7.57. The van der Waals surface area contributed by atoms with Crippen molar-refractivity contribution in [1.82, 2.24) is 4.98 Å². The van der Waals surface area contributed by atoms with E-state index in [1.165, 1.54) is 11.3 Å². The fourth-order valence-corrected chi connectivity index (χ4v) is 1.60. The van der Waals surface area contributed by atoms with Gasteiger partial charge in [-0.05, 0) is 6.42 Å². The molecule has 0 saturated carbocycles. The Bertz CT molecular complexity index is 234. The number of nitrogen functional groups attached to an aromatic ring is 1. The van der Waals surface area contributed by atoms with Crippen molar-refractivity contribution in [2.45, 2.75) is 19.8 Å². The first kappa shape index (κ1) is 8.33. The fraction of sp³-hybridized carbons (Fsp3) is 0.571. The van der Waals surface area contributed by atoms with E-state index in [9.17, 15) is 0 Å². The number of anilines is 1. The average Bonchev–Trinajstić information content (AvgIpc) is 2.32. The maximum absolute atomic E-state index is 5.51. The Morgan fingerprint density at radius 2 is 2.36 bits per heavy atom. The Kier molecular flexibility index (Phi) is 2.70. The van der Waals surface area contributed by atoms with Crippen LogP contribution in [0.1, 0.15) is 19.0 Å². The number of rotatable bonds is 3. The number of nitrogens with zero attached hydrogens (tertiary/aromatic N) is 1. The number of methoxy groups -OCH3 is 1. The van der Waals surface area contributed by atoms with E-state index in [0.717, 1.165) is 23.6 Å². The molecule has 11 heavy (non-hydrogen) atoms. The zero-order chi connectivity index (χ0) is 8.27. The van der Waals surface area contributed by atoms with Crippen LogP contribution in [0.4, 0.5) is 5.13 Å². The van der Waals surface area contributed by atoms with Crippen LogP contribution in [0.5, 0.6) is 5.06 Å². The lowest BCUT2D eigenvalue weighted by molar-refractivity contribution is 0.420. The Morgan fingerprint density at radius 3 is 2.91 bits per heavy atom. The second-order valence-electron chi connectivity index (χ2n) is 2.24. The smallest absolute Gasteiger partial charge is 0.198 e. The number of hydrogen-bond acceptors (Lipinski definition) is 4.